The zero-order chi connectivity index (χ0) is 18.1. The van der Waals surface area contributed by atoms with Crippen molar-refractivity contribution in [3.8, 4) is 0 Å². The van der Waals surface area contributed by atoms with Crippen LogP contribution in [0.5, 0.6) is 0 Å². The normalized spacial score (nSPS) is 10.6. The molecule has 0 atom stereocenters. The summed E-state index contributed by atoms with van der Waals surface area (Å²) in [6, 6.07) is 15.0. The molecule has 2 aromatic rings. The average molecular weight is 356 g/mol. The fraction of sp³-hybridized carbons (Fsp3) is 0.211. The van der Waals surface area contributed by atoms with Gasteiger partial charge in [0.15, 0.2) is 0 Å². The molecule has 0 saturated heterocycles. The lowest BCUT2D eigenvalue weighted by molar-refractivity contribution is -0.118. The molecule has 130 valence electrons. The number of amides is 1. The monoisotopic (exact) mass is 356 g/mol. The Hall–Kier alpha value is -2.60. The van der Waals surface area contributed by atoms with Gasteiger partial charge in [-0.15, -0.1) is 11.8 Å². The summed E-state index contributed by atoms with van der Waals surface area (Å²) < 4.78 is 4.63. The maximum atomic E-state index is 11.8. The van der Waals surface area contributed by atoms with E-state index in [0.717, 1.165) is 11.3 Å². The lowest BCUT2D eigenvalue weighted by atomic mass is 10.1. The maximum absolute atomic E-state index is 11.8. The number of carbonyl (C=O) groups is 2. The zero-order valence-corrected chi connectivity index (χ0v) is 15.0. The van der Waals surface area contributed by atoms with Crippen molar-refractivity contribution < 1.29 is 14.3 Å². The minimum Gasteiger partial charge on any atom is -0.465 e. The van der Waals surface area contributed by atoms with E-state index in [1.807, 2.05) is 6.92 Å². The number of ether oxygens (including phenoxy) is 1. The number of thioether (sulfide) groups is 1. The van der Waals surface area contributed by atoms with Gasteiger partial charge in [0.05, 0.1) is 24.6 Å². The van der Waals surface area contributed by atoms with Crippen molar-refractivity contribution in [2.24, 2.45) is 5.10 Å². The smallest absolute Gasteiger partial charge is 0.337 e. The van der Waals surface area contributed by atoms with Crippen LogP contribution < -0.4 is 5.43 Å². The predicted molar refractivity (Wildman–Crippen MR) is 101 cm³/mol. The summed E-state index contributed by atoms with van der Waals surface area (Å²) in [6.07, 6.45) is 1.53. The van der Waals surface area contributed by atoms with Gasteiger partial charge >= 0.3 is 5.97 Å². The van der Waals surface area contributed by atoms with Gasteiger partial charge in [0.25, 0.3) is 0 Å². The SMILES string of the molecule is COC(=O)c1ccc(/C=N\NC(=O)CSCc2ccc(C)cc2)cc1. The number of carbonyl (C=O) groups excluding carboxylic acids is 2. The summed E-state index contributed by atoms with van der Waals surface area (Å²) in [5.41, 5.74) is 6.15. The minimum absolute atomic E-state index is 0.153. The molecular weight excluding hydrogens is 336 g/mol. The van der Waals surface area contributed by atoms with Gasteiger partial charge in [-0.3, -0.25) is 4.79 Å². The first kappa shape index (κ1) is 18.7. The second-order valence-electron chi connectivity index (χ2n) is 5.39. The second-order valence-corrected chi connectivity index (χ2v) is 6.37. The number of esters is 1. The summed E-state index contributed by atoms with van der Waals surface area (Å²) in [5, 5.41) is 3.92. The lowest BCUT2D eigenvalue weighted by Gasteiger charge is -2.02. The van der Waals surface area contributed by atoms with Crippen LogP contribution in [0, 0.1) is 6.92 Å². The summed E-state index contributed by atoms with van der Waals surface area (Å²) in [5.74, 6) is 0.584. The molecular formula is C19H20N2O3S. The number of rotatable bonds is 7. The summed E-state index contributed by atoms with van der Waals surface area (Å²) >= 11 is 1.54. The van der Waals surface area contributed by atoms with E-state index in [1.54, 1.807) is 24.3 Å². The molecule has 2 rings (SSSR count). The Bertz CT molecular complexity index is 740. The number of hydrogen-bond acceptors (Lipinski definition) is 5. The third-order valence-corrected chi connectivity index (χ3v) is 4.36. The fourth-order valence-corrected chi connectivity index (χ4v) is 2.76. The third kappa shape index (κ3) is 6.43. The number of methoxy groups -OCH3 is 1. The van der Waals surface area contributed by atoms with E-state index in [9.17, 15) is 9.59 Å². The van der Waals surface area contributed by atoms with Crippen LogP contribution in [0.2, 0.25) is 0 Å². The Morgan fingerprint density at radius 1 is 1.12 bits per heavy atom. The van der Waals surface area contributed by atoms with Crippen molar-refractivity contribution in [2.45, 2.75) is 12.7 Å². The quantitative estimate of drug-likeness (QED) is 0.470. The van der Waals surface area contributed by atoms with Crippen LogP contribution >= 0.6 is 11.8 Å². The molecule has 0 fully saturated rings. The molecule has 0 spiro atoms. The van der Waals surface area contributed by atoms with E-state index in [1.165, 1.54) is 36.2 Å². The summed E-state index contributed by atoms with van der Waals surface area (Å²) in [7, 11) is 1.34. The van der Waals surface area contributed by atoms with Gasteiger partial charge in [0.2, 0.25) is 5.91 Å². The van der Waals surface area contributed by atoms with Gasteiger partial charge in [-0.05, 0) is 30.2 Å². The van der Waals surface area contributed by atoms with E-state index in [-0.39, 0.29) is 11.9 Å². The van der Waals surface area contributed by atoms with Crippen LogP contribution in [0.25, 0.3) is 0 Å². The van der Waals surface area contributed by atoms with Crippen molar-refractivity contribution in [3.05, 3.63) is 70.8 Å². The highest BCUT2D eigenvalue weighted by Crippen LogP contribution is 2.12. The molecule has 0 radical (unpaired) electrons. The van der Waals surface area contributed by atoms with Gasteiger partial charge in [-0.1, -0.05) is 42.0 Å². The Kier molecular flexibility index (Phi) is 7.22. The van der Waals surface area contributed by atoms with Gasteiger partial charge in [-0.25, -0.2) is 10.2 Å². The fourth-order valence-electron chi connectivity index (χ4n) is 1.98. The molecule has 0 heterocycles. The molecule has 2 aromatic carbocycles. The van der Waals surface area contributed by atoms with Gasteiger partial charge in [-0.2, -0.15) is 5.10 Å². The average Bonchev–Trinajstić information content (AvgIpc) is 2.63. The van der Waals surface area contributed by atoms with E-state index >= 15 is 0 Å². The van der Waals surface area contributed by atoms with Crippen molar-refractivity contribution in [1.29, 1.82) is 0 Å². The second kappa shape index (κ2) is 9.64. The Morgan fingerprint density at radius 3 is 2.44 bits per heavy atom. The zero-order valence-electron chi connectivity index (χ0n) is 14.2. The van der Waals surface area contributed by atoms with E-state index in [0.29, 0.717) is 11.3 Å². The van der Waals surface area contributed by atoms with Crippen molar-refractivity contribution >= 4 is 29.9 Å². The minimum atomic E-state index is -0.387. The third-order valence-electron chi connectivity index (χ3n) is 3.36. The largest absolute Gasteiger partial charge is 0.465 e. The van der Waals surface area contributed by atoms with Gasteiger partial charge in [0.1, 0.15) is 0 Å². The summed E-state index contributed by atoms with van der Waals surface area (Å²) in [6.45, 7) is 2.05. The lowest BCUT2D eigenvalue weighted by Crippen LogP contribution is -2.19. The van der Waals surface area contributed by atoms with Crippen LogP contribution in [-0.4, -0.2) is 31.0 Å². The molecule has 0 saturated carbocycles. The van der Waals surface area contributed by atoms with Crippen LogP contribution in [0.1, 0.15) is 27.0 Å². The molecule has 25 heavy (non-hydrogen) atoms. The van der Waals surface area contributed by atoms with Crippen molar-refractivity contribution in [3.63, 3.8) is 0 Å². The molecule has 0 aliphatic rings. The molecule has 0 aliphatic heterocycles. The molecule has 5 nitrogen and oxygen atoms in total. The Balaban J connectivity index is 1.72. The number of nitrogens with one attached hydrogen (secondary N) is 1. The van der Waals surface area contributed by atoms with Crippen LogP contribution in [0.3, 0.4) is 0 Å². The number of benzene rings is 2. The van der Waals surface area contributed by atoms with E-state index in [4.69, 9.17) is 0 Å². The van der Waals surface area contributed by atoms with Crippen molar-refractivity contribution in [1.82, 2.24) is 5.43 Å². The van der Waals surface area contributed by atoms with Crippen LogP contribution in [0.15, 0.2) is 53.6 Å². The highest BCUT2D eigenvalue weighted by molar-refractivity contribution is 7.99. The van der Waals surface area contributed by atoms with E-state index in [2.05, 4.69) is 39.5 Å². The molecule has 0 aromatic heterocycles. The highest BCUT2D eigenvalue weighted by Gasteiger charge is 2.04. The van der Waals surface area contributed by atoms with Gasteiger partial charge < -0.3 is 4.74 Å². The van der Waals surface area contributed by atoms with Crippen LogP contribution in [0.4, 0.5) is 0 Å². The summed E-state index contributed by atoms with van der Waals surface area (Å²) in [4.78, 5) is 23.1. The molecule has 0 bridgehead atoms. The molecule has 6 heteroatoms. The van der Waals surface area contributed by atoms with Crippen molar-refractivity contribution in [2.75, 3.05) is 12.9 Å². The van der Waals surface area contributed by atoms with E-state index < -0.39 is 0 Å². The topological polar surface area (TPSA) is 67.8 Å². The molecule has 0 unspecified atom stereocenters. The van der Waals surface area contributed by atoms with Gasteiger partial charge in [0, 0.05) is 5.75 Å². The first-order valence-corrected chi connectivity index (χ1v) is 8.87. The molecule has 1 N–H and O–H groups in total. The number of hydrazone groups is 1. The Labute approximate surface area is 151 Å². The first-order valence-electron chi connectivity index (χ1n) is 7.72. The maximum Gasteiger partial charge on any atom is 0.337 e. The molecule has 1 amide bonds. The van der Waals surface area contributed by atoms with Crippen LogP contribution in [-0.2, 0) is 15.3 Å². The number of nitrogens with zero attached hydrogens (tertiary/aromatic N) is 1. The predicted octanol–water partition coefficient (Wildman–Crippen LogP) is 3.17. The molecule has 0 aliphatic carbocycles. The standard InChI is InChI=1S/C19H20N2O3S/c1-14-3-5-16(6-4-14)12-25-13-18(22)21-20-11-15-7-9-17(10-8-15)19(23)24-2/h3-11H,12-13H2,1-2H3,(H,21,22)/b20-11-. The number of hydrogen-bond donors (Lipinski definition) is 1. The Morgan fingerprint density at radius 2 is 1.80 bits per heavy atom. The first-order chi connectivity index (χ1) is 12.1. The number of aryl methyl sites for hydroxylation is 1. The highest BCUT2D eigenvalue weighted by atomic mass is 32.2.